The van der Waals surface area contributed by atoms with Gasteiger partial charge in [0.2, 0.25) is 0 Å². The minimum atomic E-state index is -0.355. The maximum Gasteiger partial charge on any atom is 0.131 e. The maximum absolute atomic E-state index is 14.0. The van der Waals surface area contributed by atoms with E-state index in [1.54, 1.807) is 6.07 Å². The molecule has 0 radical (unpaired) electrons. The van der Waals surface area contributed by atoms with Crippen LogP contribution in [0.4, 0.5) is 4.39 Å². The van der Waals surface area contributed by atoms with Gasteiger partial charge in [-0.25, -0.2) is 4.39 Å². The highest BCUT2D eigenvalue weighted by Crippen LogP contribution is 2.41. The number of rotatable bonds is 1. The zero-order chi connectivity index (χ0) is 14.3. The summed E-state index contributed by atoms with van der Waals surface area (Å²) in [4.78, 5) is 0. The van der Waals surface area contributed by atoms with E-state index in [9.17, 15) is 4.39 Å². The Hall–Kier alpha value is -0.910. The van der Waals surface area contributed by atoms with Crippen LogP contribution in [0.5, 0.6) is 5.75 Å². The Morgan fingerprint density at radius 3 is 2.50 bits per heavy atom. The molecule has 104 valence electrons. The third-order valence-corrected chi connectivity index (χ3v) is 4.40. The summed E-state index contributed by atoms with van der Waals surface area (Å²) in [5, 5.41) is 0. The molecule has 2 aromatic carbocycles. The topological polar surface area (TPSA) is 35.2 Å². The average Bonchev–Trinajstić information content (AvgIpc) is 2.39. The molecule has 1 heterocycles. The summed E-state index contributed by atoms with van der Waals surface area (Å²) in [5.74, 6) is 0.441. The van der Waals surface area contributed by atoms with Crippen molar-refractivity contribution >= 4 is 31.9 Å². The molecule has 1 aliphatic heterocycles. The fourth-order valence-corrected chi connectivity index (χ4v) is 3.14. The third kappa shape index (κ3) is 2.62. The summed E-state index contributed by atoms with van der Waals surface area (Å²) in [5.41, 5.74) is 7.68. The Labute approximate surface area is 133 Å². The van der Waals surface area contributed by atoms with Gasteiger partial charge in [0.15, 0.2) is 0 Å². The molecule has 5 heteroatoms. The third-order valence-electron chi connectivity index (χ3n) is 3.42. The molecule has 0 amide bonds. The van der Waals surface area contributed by atoms with E-state index in [1.165, 1.54) is 6.07 Å². The van der Waals surface area contributed by atoms with Crippen LogP contribution >= 0.6 is 31.9 Å². The minimum absolute atomic E-state index is 0.163. The fourth-order valence-electron chi connectivity index (χ4n) is 2.43. The molecule has 0 aromatic heterocycles. The number of benzene rings is 2. The van der Waals surface area contributed by atoms with E-state index < -0.39 is 0 Å². The molecule has 20 heavy (non-hydrogen) atoms. The second-order valence-corrected chi connectivity index (χ2v) is 6.63. The van der Waals surface area contributed by atoms with Crippen molar-refractivity contribution in [2.24, 2.45) is 5.73 Å². The Morgan fingerprint density at radius 1 is 1.05 bits per heavy atom. The van der Waals surface area contributed by atoms with Crippen molar-refractivity contribution in [1.82, 2.24) is 0 Å². The molecule has 0 spiro atoms. The quantitative estimate of drug-likeness (QED) is 0.740. The molecule has 2 nitrogen and oxygen atoms in total. The van der Waals surface area contributed by atoms with Crippen LogP contribution in [0.25, 0.3) is 0 Å². The second-order valence-electron chi connectivity index (χ2n) is 4.80. The summed E-state index contributed by atoms with van der Waals surface area (Å²) in [6, 6.07) is 10.5. The molecule has 0 fully saturated rings. The van der Waals surface area contributed by atoms with Crippen molar-refractivity contribution in [1.29, 1.82) is 0 Å². The van der Waals surface area contributed by atoms with Gasteiger partial charge in [0.05, 0.1) is 0 Å². The lowest BCUT2D eigenvalue weighted by Crippen LogP contribution is -2.24. The van der Waals surface area contributed by atoms with Gasteiger partial charge in [-0.3, -0.25) is 0 Å². The molecule has 2 N–H and O–H groups in total. The number of nitrogens with two attached hydrogens (primary N) is 1. The lowest BCUT2D eigenvalue weighted by Gasteiger charge is -2.31. The van der Waals surface area contributed by atoms with Crippen molar-refractivity contribution in [3.8, 4) is 5.75 Å². The van der Waals surface area contributed by atoms with Crippen LogP contribution in [-0.4, -0.2) is 0 Å². The van der Waals surface area contributed by atoms with Gasteiger partial charge >= 0.3 is 0 Å². The standard InChI is InChI=1S/C15H12Br2FNO/c16-8-2-4-14-11(5-8)13(19)7-15(20-14)10-3-1-9(17)6-12(10)18/h1-6,13,15H,7,19H2/t13-,15?/m1/s1. The van der Waals surface area contributed by atoms with Gasteiger partial charge in [0.25, 0.3) is 0 Å². The lowest BCUT2D eigenvalue weighted by atomic mass is 9.93. The number of hydrogen-bond acceptors (Lipinski definition) is 2. The van der Waals surface area contributed by atoms with Crippen LogP contribution in [0.15, 0.2) is 45.3 Å². The van der Waals surface area contributed by atoms with Crippen molar-refractivity contribution < 1.29 is 9.13 Å². The largest absolute Gasteiger partial charge is 0.485 e. The minimum Gasteiger partial charge on any atom is -0.485 e. The molecule has 1 aliphatic rings. The summed E-state index contributed by atoms with van der Waals surface area (Å²) in [6.45, 7) is 0. The summed E-state index contributed by atoms with van der Waals surface area (Å²) < 4.78 is 21.6. The SMILES string of the molecule is N[C@@H]1CC(c2ccc(Br)cc2F)Oc2ccc(Br)cc21. The Kier molecular flexibility index (Phi) is 3.84. The Balaban J connectivity index is 1.97. The zero-order valence-electron chi connectivity index (χ0n) is 10.4. The van der Waals surface area contributed by atoms with Gasteiger partial charge < -0.3 is 10.5 Å². The second kappa shape index (κ2) is 5.47. The summed E-state index contributed by atoms with van der Waals surface area (Å²) >= 11 is 6.68. The van der Waals surface area contributed by atoms with Gasteiger partial charge in [0, 0.05) is 32.5 Å². The molecular weight excluding hydrogens is 389 g/mol. The highest BCUT2D eigenvalue weighted by molar-refractivity contribution is 9.10. The molecule has 2 atom stereocenters. The van der Waals surface area contributed by atoms with E-state index in [1.807, 2.05) is 24.3 Å². The van der Waals surface area contributed by atoms with Crippen molar-refractivity contribution in [3.63, 3.8) is 0 Å². The molecular formula is C15H12Br2FNO. The van der Waals surface area contributed by atoms with Crippen molar-refractivity contribution in [3.05, 3.63) is 62.3 Å². The van der Waals surface area contributed by atoms with Crippen LogP contribution in [0.1, 0.15) is 29.7 Å². The predicted octanol–water partition coefficient (Wildman–Crippen LogP) is 4.87. The highest BCUT2D eigenvalue weighted by atomic mass is 79.9. The number of halogens is 3. The molecule has 0 aliphatic carbocycles. The Morgan fingerprint density at radius 2 is 1.75 bits per heavy atom. The van der Waals surface area contributed by atoms with E-state index in [0.717, 1.165) is 15.8 Å². The van der Waals surface area contributed by atoms with Crippen LogP contribution in [0.3, 0.4) is 0 Å². The van der Waals surface area contributed by atoms with E-state index in [-0.39, 0.29) is 18.0 Å². The van der Waals surface area contributed by atoms with E-state index in [0.29, 0.717) is 16.5 Å². The first-order valence-corrected chi connectivity index (χ1v) is 7.80. The molecule has 0 saturated carbocycles. The number of ether oxygens (including phenoxy) is 1. The van der Waals surface area contributed by atoms with Gasteiger partial charge in [-0.2, -0.15) is 0 Å². The normalized spacial score (nSPS) is 21.2. The first-order valence-electron chi connectivity index (χ1n) is 6.21. The van der Waals surface area contributed by atoms with E-state index >= 15 is 0 Å². The molecule has 0 bridgehead atoms. The fraction of sp³-hybridized carbons (Fsp3) is 0.200. The van der Waals surface area contributed by atoms with Crippen LogP contribution in [0, 0.1) is 5.82 Å². The number of fused-ring (bicyclic) bond motifs is 1. The predicted molar refractivity (Wildman–Crippen MR) is 83.2 cm³/mol. The van der Waals surface area contributed by atoms with Gasteiger partial charge in [-0.05, 0) is 30.3 Å². The first-order chi connectivity index (χ1) is 9.54. The van der Waals surface area contributed by atoms with Gasteiger partial charge in [-0.1, -0.05) is 37.9 Å². The highest BCUT2D eigenvalue weighted by Gasteiger charge is 2.28. The lowest BCUT2D eigenvalue weighted by molar-refractivity contribution is 0.157. The van der Waals surface area contributed by atoms with Crippen LogP contribution < -0.4 is 10.5 Å². The maximum atomic E-state index is 14.0. The molecule has 1 unspecified atom stereocenters. The van der Waals surface area contributed by atoms with Crippen LogP contribution in [-0.2, 0) is 0 Å². The van der Waals surface area contributed by atoms with Gasteiger partial charge in [-0.15, -0.1) is 0 Å². The van der Waals surface area contributed by atoms with E-state index in [4.69, 9.17) is 10.5 Å². The smallest absolute Gasteiger partial charge is 0.131 e. The zero-order valence-corrected chi connectivity index (χ0v) is 13.6. The van der Waals surface area contributed by atoms with E-state index in [2.05, 4.69) is 31.9 Å². The molecule has 0 saturated heterocycles. The molecule has 2 aromatic rings. The van der Waals surface area contributed by atoms with Crippen molar-refractivity contribution in [2.75, 3.05) is 0 Å². The number of hydrogen-bond donors (Lipinski definition) is 1. The first kappa shape index (κ1) is 14.0. The van der Waals surface area contributed by atoms with Crippen LogP contribution in [0.2, 0.25) is 0 Å². The average molecular weight is 401 g/mol. The molecule has 3 rings (SSSR count). The van der Waals surface area contributed by atoms with Gasteiger partial charge in [0.1, 0.15) is 17.7 Å². The van der Waals surface area contributed by atoms with Crippen molar-refractivity contribution in [2.45, 2.75) is 18.6 Å². The summed E-state index contributed by atoms with van der Waals surface area (Å²) in [6.07, 6.45) is 0.203. The Bertz CT molecular complexity index is 662. The monoisotopic (exact) mass is 399 g/mol. The summed E-state index contributed by atoms with van der Waals surface area (Å²) in [7, 11) is 0.